The Morgan fingerprint density at radius 2 is 0.926 bits per heavy atom. The predicted octanol–water partition coefficient (Wildman–Crippen LogP) is 7.96. The molecule has 0 spiro atoms. The number of hydrogen-bond donors (Lipinski definition) is 0. The van der Waals surface area contributed by atoms with Crippen molar-refractivity contribution in [3.05, 3.63) is 144 Å². The summed E-state index contributed by atoms with van der Waals surface area (Å²) in [6, 6.07) is 34.9. The van der Waals surface area contributed by atoms with E-state index in [4.69, 9.17) is 18.9 Å². The van der Waals surface area contributed by atoms with Gasteiger partial charge in [-0.15, -0.1) is 0 Å². The summed E-state index contributed by atoms with van der Waals surface area (Å²) in [6.45, 7) is 6.70. The van der Waals surface area contributed by atoms with Crippen LogP contribution in [0.1, 0.15) is 60.0 Å². The second-order valence-electron chi connectivity index (χ2n) is 14.3. The highest BCUT2D eigenvalue weighted by molar-refractivity contribution is 5.46. The van der Waals surface area contributed by atoms with Crippen molar-refractivity contribution in [2.24, 2.45) is 0 Å². The minimum absolute atomic E-state index is 0.437. The van der Waals surface area contributed by atoms with Crippen LogP contribution in [0.3, 0.4) is 0 Å². The highest BCUT2D eigenvalue weighted by Gasteiger charge is 2.29. The van der Waals surface area contributed by atoms with Crippen LogP contribution in [0.25, 0.3) is 11.4 Å². The molecule has 4 aliphatic heterocycles. The Kier molecular flexibility index (Phi) is 10.0. The van der Waals surface area contributed by atoms with Gasteiger partial charge in [0.05, 0.1) is 11.4 Å². The number of nitrogens with zero attached hydrogens (tertiary/aromatic N) is 6. The Morgan fingerprint density at radius 1 is 0.500 bits per heavy atom. The number of aromatic nitrogens is 4. The zero-order chi connectivity index (χ0) is 36.1. The fraction of sp³-hybridized carbons (Fsp3) is 0.318. The summed E-state index contributed by atoms with van der Waals surface area (Å²) >= 11 is 0. The number of fused-ring (bicyclic) bond motifs is 2. The van der Waals surface area contributed by atoms with E-state index in [1.54, 1.807) is 12.4 Å². The van der Waals surface area contributed by atoms with Crippen LogP contribution < -0.4 is 18.9 Å². The van der Waals surface area contributed by atoms with E-state index in [2.05, 4.69) is 105 Å². The molecule has 4 aliphatic rings. The van der Waals surface area contributed by atoms with Gasteiger partial charge in [-0.1, -0.05) is 36.4 Å². The number of rotatable bonds is 8. The predicted molar refractivity (Wildman–Crippen MR) is 207 cm³/mol. The molecule has 2 atom stereocenters. The average Bonchev–Trinajstić information content (AvgIpc) is 4.08. The molecule has 10 rings (SSSR count). The van der Waals surface area contributed by atoms with Crippen LogP contribution in [0.5, 0.6) is 23.0 Å². The number of ether oxygens (including phenoxy) is 4. The number of likely N-dealkylation sites (tertiary alicyclic amines) is 2. The van der Waals surface area contributed by atoms with Crippen molar-refractivity contribution in [3.8, 4) is 34.4 Å². The minimum atomic E-state index is 0.437. The second-order valence-corrected chi connectivity index (χ2v) is 14.3. The standard InChI is InChI=1S/2C22H23N3O2/c2*1-3-20(18-6-9-21-22(15-18)27-14-13-26-21)24(11-1)16-17-4-7-19(8-5-17)25-12-2-10-23-25/h2*2,4-10,12,15,20H,1,3,11,13-14,16H2/t2*20-/m10/s1. The van der Waals surface area contributed by atoms with Crippen molar-refractivity contribution in [2.75, 3.05) is 39.5 Å². The minimum Gasteiger partial charge on any atom is -0.486 e. The molecule has 0 unspecified atom stereocenters. The first kappa shape index (κ1) is 34.2. The molecule has 0 saturated carbocycles. The molecule has 6 heterocycles. The largest absolute Gasteiger partial charge is 0.486 e. The van der Waals surface area contributed by atoms with E-state index in [0.717, 1.165) is 60.6 Å². The van der Waals surface area contributed by atoms with E-state index in [-0.39, 0.29) is 0 Å². The van der Waals surface area contributed by atoms with Gasteiger partial charge in [0.1, 0.15) is 26.4 Å². The first-order chi connectivity index (χ1) is 26.7. The fourth-order valence-electron chi connectivity index (χ4n) is 8.14. The summed E-state index contributed by atoms with van der Waals surface area (Å²) in [7, 11) is 0. The quantitative estimate of drug-likeness (QED) is 0.157. The van der Waals surface area contributed by atoms with Gasteiger partial charge in [-0.05, 0) is 122 Å². The Labute approximate surface area is 316 Å². The highest BCUT2D eigenvalue weighted by Crippen LogP contribution is 2.40. The lowest BCUT2D eigenvalue weighted by atomic mass is 10.0. The smallest absolute Gasteiger partial charge is 0.161 e. The molecular formula is C44H46N6O4. The molecule has 0 N–H and O–H groups in total. The van der Waals surface area contributed by atoms with Gasteiger partial charge in [-0.3, -0.25) is 9.80 Å². The van der Waals surface area contributed by atoms with Gasteiger partial charge in [0, 0.05) is 50.0 Å². The molecule has 0 bridgehead atoms. The molecule has 2 fully saturated rings. The third kappa shape index (κ3) is 7.58. The van der Waals surface area contributed by atoms with Crippen LogP contribution in [0.15, 0.2) is 122 Å². The normalized spacial score (nSPS) is 19.3. The van der Waals surface area contributed by atoms with Crippen LogP contribution in [-0.2, 0) is 13.1 Å². The van der Waals surface area contributed by atoms with E-state index in [1.807, 2.05) is 33.9 Å². The lowest BCUT2D eigenvalue weighted by Gasteiger charge is -2.26. The van der Waals surface area contributed by atoms with Crippen molar-refractivity contribution in [1.82, 2.24) is 29.4 Å². The van der Waals surface area contributed by atoms with Crippen molar-refractivity contribution < 1.29 is 18.9 Å². The van der Waals surface area contributed by atoms with E-state index in [9.17, 15) is 0 Å². The highest BCUT2D eigenvalue weighted by atomic mass is 16.6. The average molecular weight is 723 g/mol. The summed E-state index contributed by atoms with van der Waals surface area (Å²) in [6.07, 6.45) is 12.4. The van der Waals surface area contributed by atoms with E-state index >= 15 is 0 Å². The Balaban J connectivity index is 0.000000142. The Bertz CT molecular complexity index is 1960. The first-order valence-electron chi connectivity index (χ1n) is 19.2. The molecule has 0 radical (unpaired) electrons. The van der Waals surface area contributed by atoms with Crippen molar-refractivity contribution in [3.63, 3.8) is 0 Å². The summed E-state index contributed by atoms with van der Waals surface area (Å²) in [5.41, 5.74) is 7.49. The SMILES string of the molecule is c1cnn(-c2ccc(CN3CCC[C@@H]3c3ccc4c(c3)OCCO4)cc2)c1.c1cnn(-c2ccc(CN3CCC[C@H]3c3ccc4c(c3)OCCO4)cc2)c1. The van der Waals surface area contributed by atoms with Crippen molar-refractivity contribution in [1.29, 1.82) is 0 Å². The summed E-state index contributed by atoms with van der Waals surface area (Å²) in [5, 5.41) is 8.58. The molecule has 2 aromatic heterocycles. The third-order valence-electron chi connectivity index (χ3n) is 10.8. The third-order valence-corrected chi connectivity index (χ3v) is 10.8. The van der Waals surface area contributed by atoms with Crippen molar-refractivity contribution in [2.45, 2.75) is 50.9 Å². The lowest BCUT2D eigenvalue weighted by Crippen LogP contribution is -2.23. The lowest BCUT2D eigenvalue weighted by molar-refractivity contribution is 0.170. The fourth-order valence-corrected chi connectivity index (χ4v) is 8.14. The maximum absolute atomic E-state index is 5.77. The molecule has 10 heteroatoms. The zero-order valence-electron chi connectivity index (χ0n) is 30.5. The van der Waals surface area contributed by atoms with E-state index in [0.29, 0.717) is 38.5 Å². The van der Waals surface area contributed by atoms with Crippen molar-refractivity contribution >= 4 is 0 Å². The molecule has 10 nitrogen and oxygen atoms in total. The second kappa shape index (κ2) is 15.8. The molecule has 0 aliphatic carbocycles. The molecule has 4 aromatic carbocycles. The molecule has 54 heavy (non-hydrogen) atoms. The van der Waals surface area contributed by atoms with Crippen LogP contribution in [0, 0.1) is 0 Å². The van der Waals surface area contributed by atoms with E-state index in [1.165, 1.54) is 47.9 Å². The van der Waals surface area contributed by atoms with Gasteiger partial charge < -0.3 is 18.9 Å². The van der Waals surface area contributed by atoms with E-state index < -0.39 is 0 Å². The van der Waals surface area contributed by atoms with Crippen LogP contribution in [-0.4, -0.2) is 68.9 Å². The maximum Gasteiger partial charge on any atom is 0.161 e. The van der Waals surface area contributed by atoms with Gasteiger partial charge in [0.2, 0.25) is 0 Å². The summed E-state index contributed by atoms with van der Waals surface area (Å²) < 4.78 is 26.6. The zero-order valence-corrected chi connectivity index (χ0v) is 30.5. The topological polar surface area (TPSA) is 79.0 Å². The summed E-state index contributed by atoms with van der Waals surface area (Å²) in [4.78, 5) is 5.13. The van der Waals surface area contributed by atoms with Crippen LogP contribution in [0.4, 0.5) is 0 Å². The Hall–Kier alpha value is -5.58. The molecule has 2 saturated heterocycles. The molecule has 276 valence electrons. The summed E-state index contributed by atoms with van der Waals surface area (Å²) in [5.74, 6) is 3.50. The number of benzene rings is 4. The molecule has 6 aromatic rings. The van der Waals surface area contributed by atoms with Crippen LogP contribution >= 0.6 is 0 Å². The first-order valence-corrected chi connectivity index (χ1v) is 19.2. The monoisotopic (exact) mass is 722 g/mol. The molecular weight excluding hydrogens is 677 g/mol. The Morgan fingerprint density at radius 3 is 1.33 bits per heavy atom. The van der Waals surface area contributed by atoms with Gasteiger partial charge in [0.15, 0.2) is 23.0 Å². The maximum atomic E-state index is 5.77. The van der Waals surface area contributed by atoms with Gasteiger partial charge in [-0.2, -0.15) is 10.2 Å². The van der Waals surface area contributed by atoms with Gasteiger partial charge in [-0.25, -0.2) is 9.36 Å². The number of hydrogen-bond acceptors (Lipinski definition) is 8. The van der Waals surface area contributed by atoms with Crippen LogP contribution in [0.2, 0.25) is 0 Å². The van der Waals surface area contributed by atoms with Gasteiger partial charge >= 0.3 is 0 Å². The molecule has 0 amide bonds. The van der Waals surface area contributed by atoms with Gasteiger partial charge in [0.25, 0.3) is 0 Å².